The molecular formula is C23H22O2. The van der Waals surface area contributed by atoms with E-state index >= 15 is 0 Å². The van der Waals surface area contributed by atoms with Gasteiger partial charge < -0.3 is 5.11 Å². The second-order valence-electron chi connectivity index (χ2n) is 7.73. The molecule has 0 radical (unpaired) electrons. The summed E-state index contributed by atoms with van der Waals surface area (Å²) >= 11 is 0. The average molecular weight is 330 g/mol. The Kier molecular flexibility index (Phi) is 3.26. The van der Waals surface area contributed by atoms with Crippen LogP contribution in [0.4, 0.5) is 0 Å². The molecule has 0 heterocycles. The zero-order valence-electron chi connectivity index (χ0n) is 14.2. The van der Waals surface area contributed by atoms with Crippen molar-refractivity contribution in [1.29, 1.82) is 0 Å². The highest BCUT2D eigenvalue weighted by Gasteiger charge is 2.53. The van der Waals surface area contributed by atoms with E-state index in [1.54, 1.807) is 0 Å². The second-order valence-corrected chi connectivity index (χ2v) is 7.73. The van der Waals surface area contributed by atoms with E-state index in [1.807, 2.05) is 30.3 Å². The molecule has 2 nitrogen and oxygen atoms in total. The first-order chi connectivity index (χ1) is 12.2. The van der Waals surface area contributed by atoms with Crippen LogP contribution in [-0.2, 0) is 11.2 Å². The SMILES string of the molecule is O=C1CC2CCC3c4ccccc4CCC3(O)C2=C1c1ccccc1. The Morgan fingerprint density at radius 2 is 1.72 bits per heavy atom. The molecule has 3 aliphatic rings. The third-order valence-electron chi connectivity index (χ3n) is 6.50. The highest BCUT2D eigenvalue weighted by Crippen LogP contribution is 2.57. The van der Waals surface area contributed by atoms with Crippen molar-refractivity contribution < 1.29 is 9.90 Å². The van der Waals surface area contributed by atoms with Gasteiger partial charge in [0.1, 0.15) is 0 Å². The summed E-state index contributed by atoms with van der Waals surface area (Å²) in [5.41, 5.74) is 4.59. The first-order valence-corrected chi connectivity index (χ1v) is 9.32. The molecular weight excluding hydrogens is 308 g/mol. The number of hydrogen-bond donors (Lipinski definition) is 1. The lowest BCUT2D eigenvalue weighted by molar-refractivity contribution is -0.113. The second kappa shape index (κ2) is 5.40. The number of ketones is 1. The monoisotopic (exact) mass is 330 g/mol. The van der Waals surface area contributed by atoms with Crippen LogP contribution in [0.3, 0.4) is 0 Å². The van der Waals surface area contributed by atoms with E-state index < -0.39 is 5.60 Å². The first kappa shape index (κ1) is 15.1. The molecule has 0 spiro atoms. The van der Waals surface area contributed by atoms with E-state index in [0.717, 1.165) is 42.4 Å². The van der Waals surface area contributed by atoms with Gasteiger partial charge in [-0.25, -0.2) is 0 Å². The minimum absolute atomic E-state index is 0.119. The van der Waals surface area contributed by atoms with Gasteiger partial charge in [0.05, 0.1) is 5.60 Å². The van der Waals surface area contributed by atoms with Gasteiger partial charge in [0, 0.05) is 17.9 Å². The third-order valence-corrected chi connectivity index (χ3v) is 6.50. The van der Waals surface area contributed by atoms with Crippen molar-refractivity contribution in [1.82, 2.24) is 0 Å². The minimum atomic E-state index is -0.866. The molecule has 0 aromatic heterocycles. The van der Waals surface area contributed by atoms with Crippen molar-refractivity contribution in [2.24, 2.45) is 5.92 Å². The molecule has 1 saturated carbocycles. The third kappa shape index (κ3) is 2.10. The van der Waals surface area contributed by atoms with Gasteiger partial charge in [0.15, 0.2) is 5.78 Å². The number of aliphatic hydroxyl groups is 1. The van der Waals surface area contributed by atoms with Crippen molar-refractivity contribution in [2.45, 2.75) is 43.6 Å². The molecule has 1 N–H and O–H groups in total. The number of allylic oxidation sites excluding steroid dienone is 1. The number of Topliss-reactive ketones (excluding diaryl/α,β-unsaturated/α-hetero) is 1. The highest BCUT2D eigenvalue weighted by molar-refractivity contribution is 6.24. The minimum Gasteiger partial charge on any atom is -0.385 e. The van der Waals surface area contributed by atoms with Crippen LogP contribution in [-0.4, -0.2) is 16.5 Å². The predicted molar refractivity (Wildman–Crippen MR) is 98.2 cm³/mol. The topological polar surface area (TPSA) is 37.3 Å². The average Bonchev–Trinajstić information content (AvgIpc) is 2.99. The fraction of sp³-hybridized carbons (Fsp3) is 0.348. The Balaban J connectivity index is 1.71. The summed E-state index contributed by atoms with van der Waals surface area (Å²) < 4.78 is 0. The molecule has 3 aliphatic carbocycles. The maximum absolute atomic E-state index is 12.8. The molecule has 0 aliphatic heterocycles. The predicted octanol–water partition coefficient (Wildman–Crippen LogP) is 4.28. The van der Waals surface area contributed by atoms with Crippen molar-refractivity contribution >= 4 is 11.4 Å². The van der Waals surface area contributed by atoms with E-state index in [9.17, 15) is 9.90 Å². The van der Waals surface area contributed by atoms with Gasteiger partial charge in [-0.2, -0.15) is 0 Å². The molecule has 5 rings (SSSR count). The van der Waals surface area contributed by atoms with Crippen LogP contribution in [0.25, 0.3) is 5.57 Å². The molecule has 25 heavy (non-hydrogen) atoms. The smallest absolute Gasteiger partial charge is 0.164 e. The van der Waals surface area contributed by atoms with Gasteiger partial charge in [-0.3, -0.25) is 4.79 Å². The maximum Gasteiger partial charge on any atom is 0.164 e. The Hall–Kier alpha value is -2.19. The number of fused-ring (bicyclic) bond motifs is 5. The summed E-state index contributed by atoms with van der Waals surface area (Å²) in [7, 11) is 0. The molecule has 0 amide bonds. The van der Waals surface area contributed by atoms with E-state index in [4.69, 9.17) is 0 Å². The van der Waals surface area contributed by atoms with Crippen molar-refractivity contribution in [2.75, 3.05) is 0 Å². The Morgan fingerprint density at radius 3 is 2.56 bits per heavy atom. The van der Waals surface area contributed by atoms with Crippen LogP contribution in [0, 0.1) is 5.92 Å². The molecule has 1 fully saturated rings. The largest absolute Gasteiger partial charge is 0.385 e. The van der Waals surface area contributed by atoms with E-state index in [2.05, 4.69) is 24.3 Å². The van der Waals surface area contributed by atoms with Crippen LogP contribution >= 0.6 is 0 Å². The molecule has 2 heteroatoms. The van der Waals surface area contributed by atoms with Crippen LogP contribution < -0.4 is 0 Å². The Bertz CT molecular complexity index is 880. The number of carbonyl (C=O) groups excluding carboxylic acids is 1. The number of carbonyl (C=O) groups is 1. The number of hydrogen-bond acceptors (Lipinski definition) is 2. The van der Waals surface area contributed by atoms with Gasteiger partial charge in [-0.1, -0.05) is 54.6 Å². The van der Waals surface area contributed by atoms with Crippen LogP contribution in [0.2, 0.25) is 0 Å². The molecule has 0 saturated heterocycles. The van der Waals surface area contributed by atoms with Gasteiger partial charge in [-0.15, -0.1) is 0 Å². The Labute approximate surface area is 148 Å². The Morgan fingerprint density at radius 1 is 0.960 bits per heavy atom. The standard InChI is InChI=1S/C23H22O2/c24-20-14-17-10-11-19-18-9-5-4-6-15(18)12-13-23(19,25)22(17)21(20)16-7-2-1-3-8-16/h1-9,17,19,25H,10-14H2. The number of aryl methyl sites for hydroxylation is 1. The number of rotatable bonds is 1. The molecule has 126 valence electrons. The lowest BCUT2D eigenvalue weighted by Gasteiger charge is -2.48. The van der Waals surface area contributed by atoms with Gasteiger partial charge in [-0.05, 0) is 53.9 Å². The number of benzene rings is 2. The summed E-state index contributed by atoms with van der Waals surface area (Å²) in [4.78, 5) is 12.8. The van der Waals surface area contributed by atoms with Crippen molar-refractivity contribution in [3.63, 3.8) is 0 Å². The summed E-state index contributed by atoms with van der Waals surface area (Å²) in [5.74, 6) is 0.543. The highest BCUT2D eigenvalue weighted by atomic mass is 16.3. The fourth-order valence-electron chi connectivity index (χ4n) is 5.46. The van der Waals surface area contributed by atoms with Gasteiger partial charge in [0.25, 0.3) is 0 Å². The molecule has 0 bridgehead atoms. The lowest BCUT2D eigenvalue weighted by Crippen LogP contribution is -2.46. The fourth-order valence-corrected chi connectivity index (χ4v) is 5.46. The molecule has 2 aromatic carbocycles. The quantitative estimate of drug-likeness (QED) is 0.847. The van der Waals surface area contributed by atoms with Gasteiger partial charge >= 0.3 is 0 Å². The lowest BCUT2D eigenvalue weighted by atomic mass is 9.60. The summed E-state index contributed by atoms with van der Waals surface area (Å²) in [5, 5.41) is 11.8. The van der Waals surface area contributed by atoms with Crippen molar-refractivity contribution in [3.05, 3.63) is 76.9 Å². The van der Waals surface area contributed by atoms with E-state index in [0.29, 0.717) is 6.42 Å². The molecule has 3 unspecified atom stereocenters. The van der Waals surface area contributed by atoms with E-state index in [-0.39, 0.29) is 17.6 Å². The maximum atomic E-state index is 12.8. The zero-order valence-corrected chi connectivity index (χ0v) is 14.2. The zero-order chi connectivity index (χ0) is 17.0. The molecule has 3 atom stereocenters. The van der Waals surface area contributed by atoms with Crippen molar-refractivity contribution in [3.8, 4) is 0 Å². The molecule has 2 aromatic rings. The van der Waals surface area contributed by atoms with Crippen LogP contribution in [0.15, 0.2) is 60.2 Å². The normalized spacial score (nSPS) is 30.7. The first-order valence-electron chi connectivity index (χ1n) is 9.32. The summed E-state index contributed by atoms with van der Waals surface area (Å²) in [6.07, 6.45) is 4.14. The summed E-state index contributed by atoms with van der Waals surface area (Å²) in [6.45, 7) is 0. The summed E-state index contributed by atoms with van der Waals surface area (Å²) in [6, 6.07) is 18.5. The van der Waals surface area contributed by atoms with Crippen LogP contribution in [0.5, 0.6) is 0 Å². The van der Waals surface area contributed by atoms with Crippen LogP contribution in [0.1, 0.15) is 48.3 Å². The van der Waals surface area contributed by atoms with Gasteiger partial charge in [0.2, 0.25) is 0 Å². The van der Waals surface area contributed by atoms with E-state index in [1.165, 1.54) is 11.1 Å².